The molecule has 180 valence electrons. The molecular weight excluding hydrogens is 448 g/mol. The lowest BCUT2D eigenvalue weighted by molar-refractivity contribution is -0.288. The summed E-state index contributed by atoms with van der Waals surface area (Å²) in [4.78, 5) is 48.6. The minimum Gasteiger partial charge on any atom is -0.463 e. The molecule has 1 N–H and O–H groups in total. The van der Waals surface area contributed by atoms with Crippen LogP contribution in [0.5, 0.6) is 0 Å². The third kappa shape index (κ3) is 6.40. The van der Waals surface area contributed by atoms with E-state index in [1.807, 2.05) is 0 Å². The topological polar surface area (TPSA) is 135 Å². The van der Waals surface area contributed by atoms with Gasteiger partial charge in [-0.2, -0.15) is 0 Å². The molecule has 1 unspecified atom stereocenters. The third-order valence-corrected chi connectivity index (χ3v) is 4.87. The molecule has 1 aliphatic heterocycles. The predicted octanol–water partition coefficient (Wildman–Crippen LogP) is 1.65. The molecule has 1 fully saturated rings. The average Bonchev–Trinajstić information content (AvgIpc) is 2.82. The molecule has 0 amide bonds. The van der Waals surface area contributed by atoms with Crippen LogP contribution in [-0.2, 0) is 33.3 Å². The monoisotopic (exact) mass is 472 g/mol. The molecule has 0 aliphatic carbocycles. The first-order chi connectivity index (χ1) is 16.3. The first-order valence-corrected chi connectivity index (χ1v) is 10.4. The second-order valence-electron chi connectivity index (χ2n) is 7.41. The Labute approximate surface area is 195 Å². The van der Waals surface area contributed by atoms with Gasteiger partial charge in [0.05, 0.1) is 11.1 Å². The summed E-state index contributed by atoms with van der Waals surface area (Å²) < 4.78 is 26.7. The van der Waals surface area contributed by atoms with Crippen molar-refractivity contribution in [2.24, 2.45) is 0 Å². The van der Waals surface area contributed by atoms with Gasteiger partial charge >= 0.3 is 23.9 Å². The van der Waals surface area contributed by atoms with Crippen molar-refractivity contribution in [2.45, 2.75) is 44.6 Å². The predicted molar refractivity (Wildman–Crippen MR) is 114 cm³/mol. The number of carbonyl (C=O) groups excluding carboxylic acids is 4. The Kier molecular flexibility index (Phi) is 8.34. The maximum absolute atomic E-state index is 12.8. The SMILES string of the molecule is CC(=O)OC[C@@H]1OC(O)[C@H](OC(=O)c2ccccc2)[C@@H](OC(=O)c2ccccc2)[C@H]1OC(C)=O. The fourth-order valence-corrected chi connectivity index (χ4v) is 3.35. The van der Waals surface area contributed by atoms with E-state index in [1.165, 1.54) is 24.3 Å². The Hall–Kier alpha value is -3.76. The zero-order valence-corrected chi connectivity index (χ0v) is 18.5. The van der Waals surface area contributed by atoms with Crippen LogP contribution in [0.4, 0.5) is 0 Å². The van der Waals surface area contributed by atoms with Crippen LogP contribution in [0.25, 0.3) is 0 Å². The van der Waals surface area contributed by atoms with Gasteiger partial charge in [-0.25, -0.2) is 9.59 Å². The highest BCUT2D eigenvalue weighted by Crippen LogP contribution is 2.29. The van der Waals surface area contributed by atoms with E-state index in [-0.39, 0.29) is 11.1 Å². The molecular formula is C24H24O10. The van der Waals surface area contributed by atoms with E-state index in [2.05, 4.69) is 0 Å². The van der Waals surface area contributed by atoms with Crippen molar-refractivity contribution in [3.05, 3.63) is 71.8 Å². The average molecular weight is 472 g/mol. The largest absolute Gasteiger partial charge is 0.463 e. The zero-order valence-electron chi connectivity index (χ0n) is 18.5. The van der Waals surface area contributed by atoms with E-state index < -0.39 is 61.2 Å². The van der Waals surface area contributed by atoms with Crippen LogP contribution >= 0.6 is 0 Å². The van der Waals surface area contributed by atoms with Crippen molar-refractivity contribution < 1.29 is 48.0 Å². The van der Waals surface area contributed by atoms with Crippen molar-refractivity contribution in [3.8, 4) is 0 Å². The number of rotatable bonds is 7. The first kappa shape index (κ1) is 24.9. The minimum atomic E-state index is -1.78. The Morgan fingerprint density at radius 1 is 0.735 bits per heavy atom. The van der Waals surface area contributed by atoms with Crippen LogP contribution in [-0.4, -0.2) is 66.3 Å². The number of benzene rings is 2. The molecule has 0 saturated carbocycles. The van der Waals surface area contributed by atoms with Crippen molar-refractivity contribution in [2.75, 3.05) is 6.61 Å². The van der Waals surface area contributed by atoms with E-state index in [1.54, 1.807) is 36.4 Å². The Balaban J connectivity index is 1.93. The van der Waals surface area contributed by atoms with Crippen LogP contribution < -0.4 is 0 Å². The summed E-state index contributed by atoms with van der Waals surface area (Å²) in [6.45, 7) is 1.87. The van der Waals surface area contributed by atoms with Crippen LogP contribution in [0, 0.1) is 0 Å². The van der Waals surface area contributed by atoms with Gasteiger partial charge < -0.3 is 28.8 Å². The summed E-state index contributed by atoms with van der Waals surface area (Å²) in [6, 6.07) is 15.9. The molecule has 1 heterocycles. The summed E-state index contributed by atoms with van der Waals surface area (Å²) in [7, 11) is 0. The number of hydrogen-bond donors (Lipinski definition) is 1. The number of carbonyl (C=O) groups is 4. The highest BCUT2D eigenvalue weighted by Gasteiger charge is 2.52. The van der Waals surface area contributed by atoms with Crippen molar-refractivity contribution in [3.63, 3.8) is 0 Å². The van der Waals surface area contributed by atoms with Gasteiger partial charge in [0.25, 0.3) is 0 Å². The number of aliphatic hydroxyl groups is 1. The van der Waals surface area contributed by atoms with Gasteiger partial charge in [-0.1, -0.05) is 36.4 Å². The van der Waals surface area contributed by atoms with Crippen LogP contribution in [0.1, 0.15) is 34.6 Å². The summed E-state index contributed by atoms with van der Waals surface area (Å²) in [5, 5.41) is 10.6. The molecule has 1 aliphatic rings. The van der Waals surface area contributed by atoms with E-state index in [0.29, 0.717) is 0 Å². The van der Waals surface area contributed by atoms with Crippen LogP contribution in [0.2, 0.25) is 0 Å². The smallest absolute Gasteiger partial charge is 0.338 e. The second kappa shape index (κ2) is 11.4. The van der Waals surface area contributed by atoms with Gasteiger partial charge in [0.2, 0.25) is 0 Å². The molecule has 10 heteroatoms. The molecule has 1 saturated heterocycles. The van der Waals surface area contributed by atoms with Gasteiger partial charge in [0, 0.05) is 13.8 Å². The second-order valence-corrected chi connectivity index (χ2v) is 7.41. The molecule has 34 heavy (non-hydrogen) atoms. The van der Waals surface area contributed by atoms with Crippen LogP contribution in [0.3, 0.4) is 0 Å². The standard InChI is InChI=1S/C24H24O10/c1-14(25)30-13-18-19(31-15(2)26)20(33-22(27)16-9-5-3-6-10-16)21(24(29)32-18)34-23(28)17-11-7-4-8-12-17/h3-12,18-21,24,29H,13H2,1-2H3/t18-,19-,20-,21+,24?/m0/s1. The van der Waals surface area contributed by atoms with E-state index in [0.717, 1.165) is 13.8 Å². The molecule has 0 aromatic heterocycles. The fraction of sp³-hybridized carbons (Fsp3) is 0.333. The number of aliphatic hydroxyl groups excluding tert-OH is 1. The van der Waals surface area contributed by atoms with Gasteiger partial charge in [0.15, 0.2) is 24.6 Å². The minimum absolute atomic E-state index is 0.175. The lowest BCUT2D eigenvalue weighted by atomic mass is 9.98. The number of esters is 4. The highest BCUT2D eigenvalue weighted by molar-refractivity contribution is 5.90. The van der Waals surface area contributed by atoms with Gasteiger partial charge in [0.1, 0.15) is 12.7 Å². The van der Waals surface area contributed by atoms with Gasteiger partial charge in [-0.3, -0.25) is 9.59 Å². The zero-order chi connectivity index (χ0) is 24.7. The molecule has 2 aromatic carbocycles. The highest BCUT2D eigenvalue weighted by atomic mass is 16.7. The van der Waals surface area contributed by atoms with Gasteiger partial charge in [-0.05, 0) is 24.3 Å². The molecule has 0 bridgehead atoms. The van der Waals surface area contributed by atoms with Crippen molar-refractivity contribution in [1.29, 1.82) is 0 Å². The van der Waals surface area contributed by atoms with E-state index >= 15 is 0 Å². The lowest BCUT2D eigenvalue weighted by Gasteiger charge is -2.42. The maximum Gasteiger partial charge on any atom is 0.338 e. The molecule has 10 nitrogen and oxygen atoms in total. The summed E-state index contributed by atoms with van der Waals surface area (Å²) >= 11 is 0. The van der Waals surface area contributed by atoms with E-state index in [4.69, 9.17) is 23.7 Å². The van der Waals surface area contributed by atoms with Gasteiger partial charge in [-0.15, -0.1) is 0 Å². The quantitative estimate of drug-likeness (QED) is 0.468. The number of ether oxygens (including phenoxy) is 5. The Morgan fingerprint density at radius 3 is 1.71 bits per heavy atom. The molecule has 0 radical (unpaired) electrons. The molecule has 3 rings (SSSR count). The molecule has 5 atom stereocenters. The summed E-state index contributed by atoms with van der Waals surface area (Å²) in [5.41, 5.74) is 0.351. The van der Waals surface area contributed by atoms with Crippen LogP contribution in [0.15, 0.2) is 60.7 Å². The molecule has 2 aromatic rings. The summed E-state index contributed by atoms with van der Waals surface area (Å²) in [6.07, 6.45) is -7.38. The lowest BCUT2D eigenvalue weighted by Crippen LogP contribution is -2.62. The Bertz CT molecular complexity index is 1010. The fourth-order valence-electron chi connectivity index (χ4n) is 3.35. The number of hydrogen-bond acceptors (Lipinski definition) is 10. The first-order valence-electron chi connectivity index (χ1n) is 10.4. The third-order valence-electron chi connectivity index (χ3n) is 4.87. The van der Waals surface area contributed by atoms with E-state index in [9.17, 15) is 24.3 Å². The van der Waals surface area contributed by atoms with Crippen molar-refractivity contribution >= 4 is 23.9 Å². The maximum atomic E-state index is 12.8. The normalized spacial score (nSPS) is 23.9. The Morgan fingerprint density at radius 2 is 1.24 bits per heavy atom. The summed E-state index contributed by atoms with van der Waals surface area (Å²) in [5.74, 6) is -3.04. The van der Waals surface area contributed by atoms with Crippen molar-refractivity contribution in [1.82, 2.24) is 0 Å². The molecule has 0 spiro atoms.